The molecule has 0 aliphatic carbocycles. The number of H-pyrrole nitrogens is 1. The summed E-state index contributed by atoms with van der Waals surface area (Å²) in [5.41, 5.74) is 8.75. The number of nitrogens with two attached hydrogens (primary N) is 1. The summed E-state index contributed by atoms with van der Waals surface area (Å²) < 4.78 is 5.72. The van der Waals surface area contributed by atoms with Crippen molar-refractivity contribution in [2.45, 2.75) is 13.1 Å². The number of para-hydroxylation sites is 1. The first kappa shape index (κ1) is 20.3. The number of hydrogen-bond acceptors (Lipinski definition) is 5. The van der Waals surface area contributed by atoms with E-state index >= 15 is 0 Å². The minimum atomic E-state index is -0.186. The topological polar surface area (TPSA) is 106 Å². The van der Waals surface area contributed by atoms with Crippen LogP contribution in [0.2, 0.25) is 0 Å². The fourth-order valence-electron chi connectivity index (χ4n) is 2.87. The van der Waals surface area contributed by atoms with E-state index in [1.807, 2.05) is 30.3 Å². The molecule has 0 fully saturated rings. The summed E-state index contributed by atoms with van der Waals surface area (Å²) in [6.07, 6.45) is 1.40. The molecule has 4 aromatic rings. The van der Waals surface area contributed by atoms with Crippen molar-refractivity contribution in [2.24, 2.45) is 5.73 Å². The van der Waals surface area contributed by atoms with Crippen molar-refractivity contribution in [3.63, 3.8) is 0 Å². The van der Waals surface area contributed by atoms with Gasteiger partial charge in [-0.3, -0.25) is 4.79 Å². The molecule has 4 N–H and O–H groups in total. The predicted octanol–water partition coefficient (Wildman–Crippen LogP) is 3.56. The van der Waals surface area contributed by atoms with E-state index in [4.69, 9.17) is 10.5 Å². The fraction of sp³-hybridized carbons (Fsp3) is 0.0952. The molecule has 0 saturated carbocycles. The largest absolute Gasteiger partial charge is 0.439 e. The van der Waals surface area contributed by atoms with Crippen LogP contribution in [0, 0.1) is 0 Å². The van der Waals surface area contributed by atoms with Gasteiger partial charge in [-0.2, -0.15) is 0 Å². The number of halogens is 1. The highest BCUT2D eigenvalue weighted by Gasteiger charge is 2.09. The Bertz CT molecular complexity index is 1100. The van der Waals surface area contributed by atoms with Crippen molar-refractivity contribution in [3.05, 3.63) is 83.9 Å². The molecule has 29 heavy (non-hydrogen) atoms. The molecule has 0 aliphatic rings. The van der Waals surface area contributed by atoms with Gasteiger partial charge in [-0.25, -0.2) is 9.97 Å². The normalized spacial score (nSPS) is 10.4. The van der Waals surface area contributed by atoms with Crippen LogP contribution >= 0.6 is 12.4 Å². The molecule has 7 nitrogen and oxygen atoms in total. The molecule has 148 valence electrons. The van der Waals surface area contributed by atoms with E-state index in [0.717, 1.165) is 16.6 Å². The number of ether oxygens (including phenoxy) is 1. The molecule has 2 aromatic carbocycles. The lowest BCUT2D eigenvalue weighted by molar-refractivity contribution is 0.0950. The van der Waals surface area contributed by atoms with E-state index in [-0.39, 0.29) is 18.3 Å². The summed E-state index contributed by atoms with van der Waals surface area (Å²) in [7, 11) is 0. The van der Waals surface area contributed by atoms with Crippen molar-refractivity contribution in [1.29, 1.82) is 0 Å². The number of fused-ring (bicyclic) bond motifs is 1. The van der Waals surface area contributed by atoms with Gasteiger partial charge in [0.2, 0.25) is 5.88 Å². The summed E-state index contributed by atoms with van der Waals surface area (Å²) in [6.45, 7) is 0.708. The first-order chi connectivity index (χ1) is 13.7. The molecular formula is C21H20ClN5O2. The number of carbonyl (C=O) groups is 1. The molecule has 0 atom stereocenters. The van der Waals surface area contributed by atoms with Gasteiger partial charge in [0.25, 0.3) is 5.91 Å². The average molecular weight is 410 g/mol. The summed E-state index contributed by atoms with van der Waals surface area (Å²) in [5.74, 6) is 0.709. The SMILES string of the molecule is Cl.NCc1cc(Oc2cccc(C(=O)NCc3cc4ccccc4[nH]3)c2)ncn1. The molecule has 0 saturated heterocycles. The number of aromatic nitrogens is 3. The molecule has 8 heteroatoms. The molecule has 2 aromatic heterocycles. The number of nitrogens with one attached hydrogen (secondary N) is 2. The summed E-state index contributed by atoms with van der Waals surface area (Å²) in [4.78, 5) is 23.9. The minimum absolute atomic E-state index is 0. The number of rotatable bonds is 6. The second kappa shape index (κ2) is 9.18. The van der Waals surface area contributed by atoms with Gasteiger partial charge in [-0.1, -0.05) is 24.3 Å². The van der Waals surface area contributed by atoms with Crippen molar-refractivity contribution in [3.8, 4) is 11.6 Å². The van der Waals surface area contributed by atoms with Crippen LogP contribution in [0.5, 0.6) is 11.6 Å². The van der Waals surface area contributed by atoms with Crippen molar-refractivity contribution in [2.75, 3.05) is 0 Å². The Morgan fingerprint density at radius 1 is 1.07 bits per heavy atom. The minimum Gasteiger partial charge on any atom is -0.439 e. The van der Waals surface area contributed by atoms with Crippen molar-refractivity contribution in [1.82, 2.24) is 20.3 Å². The molecule has 0 spiro atoms. The third-order valence-corrected chi connectivity index (χ3v) is 4.25. The Kier molecular flexibility index (Phi) is 6.43. The highest BCUT2D eigenvalue weighted by Crippen LogP contribution is 2.21. The molecule has 0 bridgehead atoms. The van der Waals surface area contributed by atoms with Crippen LogP contribution in [-0.4, -0.2) is 20.9 Å². The van der Waals surface area contributed by atoms with Crippen LogP contribution in [0.3, 0.4) is 0 Å². The van der Waals surface area contributed by atoms with Crippen molar-refractivity contribution < 1.29 is 9.53 Å². The van der Waals surface area contributed by atoms with E-state index in [2.05, 4.69) is 20.3 Å². The first-order valence-electron chi connectivity index (χ1n) is 8.85. The van der Waals surface area contributed by atoms with Crippen LogP contribution in [0.4, 0.5) is 0 Å². The Hall–Kier alpha value is -3.42. The van der Waals surface area contributed by atoms with E-state index in [1.54, 1.807) is 30.3 Å². The van der Waals surface area contributed by atoms with Gasteiger partial charge in [0.15, 0.2) is 0 Å². The number of benzene rings is 2. The van der Waals surface area contributed by atoms with Crippen LogP contribution in [0.15, 0.2) is 67.0 Å². The number of nitrogens with zero attached hydrogens (tertiary/aromatic N) is 2. The summed E-state index contributed by atoms with van der Waals surface area (Å²) >= 11 is 0. The molecular weight excluding hydrogens is 390 g/mol. The van der Waals surface area contributed by atoms with Gasteiger partial charge in [0.05, 0.1) is 12.2 Å². The lowest BCUT2D eigenvalue weighted by Crippen LogP contribution is -2.22. The van der Waals surface area contributed by atoms with Crippen LogP contribution in [-0.2, 0) is 13.1 Å². The molecule has 0 unspecified atom stereocenters. The van der Waals surface area contributed by atoms with Crippen LogP contribution in [0.25, 0.3) is 10.9 Å². The van der Waals surface area contributed by atoms with E-state index in [9.17, 15) is 4.79 Å². The summed E-state index contributed by atoms with van der Waals surface area (Å²) in [6, 6.07) is 18.6. The van der Waals surface area contributed by atoms with Gasteiger partial charge in [-0.05, 0) is 35.7 Å². The standard InChI is InChI=1S/C21H19N5O2.ClH/c22-11-16-10-20(25-13-24-16)28-18-6-3-5-15(9-18)21(27)23-12-17-8-14-4-1-2-7-19(14)26-17;/h1-10,13,26H,11-12,22H2,(H,23,27);1H. The molecule has 2 heterocycles. The quantitative estimate of drug-likeness (QED) is 0.451. The number of amides is 1. The smallest absolute Gasteiger partial charge is 0.251 e. The highest BCUT2D eigenvalue weighted by atomic mass is 35.5. The monoisotopic (exact) mass is 409 g/mol. The van der Waals surface area contributed by atoms with E-state index in [0.29, 0.717) is 36.0 Å². The molecule has 0 radical (unpaired) electrons. The number of hydrogen-bond donors (Lipinski definition) is 3. The average Bonchev–Trinajstić information content (AvgIpc) is 3.15. The van der Waals surface area contributed by atoms with Gasteiger partial charge in [-0.15, -0.1) is 12.4 Å². The first-order valence-corrected chi connectivity index (χ1v) is 8.85. The Morgan fingerprint density at radius 2 is 1.93 bits per heavy atom. The fourth-order valence-corrected chi connectivity index (χ4v) is 2.87. The van der Waals surface area contributed by atoms with Crippen LogP contribution < -0.4 is 15.8 Å². The van der Waals surface area contributed by atoms with Gasteiger partial charge >= 0.3 is 0 Å². The zero-order valence-electron chi connectivity index (χ0n) is 15.5. The lowest BCUT2D eigenvalue weighted by Gasteiger charge is -2.08. The molecule has 4 rings (SSSR count). The summed E-state index contributed by atoms with van der Waals surface area (Å²) in [5, 5.41) is 4.03. The Morgan fingerprint density at radius 3 is 2.76 bits per heavy atom. The van der Waals surface area contributed by atoms with E-state index in [1.165, 1.54) is 6.33 Å². The highest BCUT2D eigenvalue weighted by molar-refractivity contribution is 5.94. The van der Waals surface area contributed by atoms with E-state index < -0.39 is 0 Å². The maximum atomic E-state index is 12.5. The van der Waals surface area contributed by atoms with Crippen LogP contribution in [0.1, 0.15) is 21.7 Å². The molecule has 1 amide bonds. The Labute approximate surface area is 173 Å². The maximum Gasteiger partial charge on any atom is 0.251 e. The zero-order valence-corrected chi connectivity index (χ0v) is 16.3. The van der Waals surface area contributed by atoms with Gasteiger partial charge in [0.1, 0.15) is 12.1 Å². The second-order valence-corrected chi connectivity index (χ2v) is 6.25. The van der Waals surface area contributed by atoms with Crippen molar-refractivity contribution >= 4 is 29.2 Å². The third kappa shape index (κ3) is 4.90. The maximum absolute atomic E-state index is 12.5. The predicted molar refractivity (Wildman–Crippen MR) is 113 cm³/mol. The lowest BCUT2D eigenvalue weighted by atomic mass is 10.2. The van der Waals surface area contributed by atoms with Gasteiger partial charge in [0, 0.05) is 29.4 Å². The number of aromatic amines is 1. The van der Waals surface area contributed by atoms with Gasteiger partial charge < -0.3 is 20.8 Å². The number of carbonyl (C=O) groups excluding carboxylic acids is 1. The molecule has 0 aliphatic heterocycles. The third-order valence-electron chi connectivity index (χ3n) is 4.25. The second-order valence-electron chi connectivity index (χ2n) is 6.25. The zero-order chi connectivity index (χ0) is 19.3. The Balaban J connectivity index is 0.00000240.